The first kappa shape index (κ1) is 17.8. The van der Waals surface area contributed by atoms with Crippen LogP contribution in [0.15, 0.2) is 12.3 Å². The van der Waals surface area contributed by atoms with Crippen LogP contribution >= 0.6 is 11.6 Å². The lowest BCUT2D eigenvalue weighted by molar-refractivity contribution is -0.137. The van der Waals surface area contributed by atoms with Crippen LogP contribution in [-0.4, -0.2) is 55.1 Å². The number of nitrogens with zero attached hydrogens (tertiary/aromatic N) is 3. The van der Waals surface area contributed by atoms with Crippen LogP contribution in [0.2, 0.25) is 5.02 Å². The normalized spacial score (nSPS) is 16.5. The van der Waals surface area contributed by atoms with Gasteiger partial charge in [-0.05, 0) is 13.0 Å². The summed E-state index contributed by atoms with van der Waals surface area (Å²) in [6.45, 7) is 5.11. The Balaban J connectivity index is 1.96. The number of likely N-dealkylation sites (N-methyl/N-ethyl adjacent to an activating group) is 1. The molecule has 1 fully saturated rings. The van der Waals surface area contributed by atoms with E-state index in [1.165, 1.54) is 0 Å². The first-order valence-corrected chi connectivity index (χ1v) is 7.65. The lowest BCUT2D eigenvalue weighted by Crippen LogP contribution is -2.49. The largest absolute Gasteiger partial charge is 0.417 e. The van der Waals surface area contributed by atoms with Gasteiger partial charge in [0, 0.05) is 38.9 Å². The topological polar surface area (TPSA) is 48.5 Å². The molecule has 1 aromatic rings. The number of pyridine rings is 1. The van der Waals surface area contributed by atoms with Gasteiger partial charge in [0.2, 0.25) is 5.91 Å². The molecule has 2 rings (SSSR count). The monoisotopic (exact) mass is 350 g/mol. The minimum absolute atomic E-state index is 0.0167. The Kier molecular flexibility index (Phi) is 5.69. The third-order valence-corrected chi connectivity index (χ3v) is 3.84. The second-order valence-electron chi connectivity index (χ2n) is 5.24. The van der Waals surface area contributed by atoms with Gasteiger partial charge >= 0.3 is 6.18 Å². The smallest absolute Gasteiger partial charge is 0.355 e. The molecule has 0 atom stereocenters. The third kappa shape index (κ3) is 4.71. The number of carbonyl (C=O) groups excluding carboxylic acids is 1. The van der Waals surface area contributed by atoms with E-state index in [4.69, 9.17) is 11.6 Å². The number of anilines is 1. The number of amides is 1. The molecular formula is C14H18ClF3N4O. The lowest BCUT2D eigenvalue weighted by Gasteiger charge is -2.35. The Morgan fingerprint density at radius 1 is 1.35 bits per heavy atom. The predicted octanol–water partition coefficient (Wildman–Crippen LogP) is 2.01. The second kappa shape index (κ2) is 7.35. The molecule has 1 N–H and O–H groups in total. The van der Waals surface area contributed by atoms with E-state index in [2.05, 4.69) is 10.3 Å². The van der Waals surface area contributed by atoms with Crippen LogP contribution < -0.4 is 10.2 Å². The second-order valence-corrected chi connectivity index (χ2v) is 5.65. The molecule has 1 aliphatic heterocycles. The Bertz CT molecular complexity index is 559. The SMILES string of the molecule is CCNC(=O)CN1CCN(c2ncc(C(F)(F)F)cc2Cl)CC1. The van der Waals surface area contributed by atoms with Crippen LogP contribution in [0, 0.1) is 0 Å². The zero-order valence-corrected chi connectivity index (χ0v) is 13.4. The van der Waals surface area contributed by atoms with E-state index in [-0.39, 0.29) is 10.9 Å². The fraction of sp³-hybridized carbons (Fsp3) is 0.571. The Hall–Kier alpha value is -1.54. The average Bonchev–Trinajstić information content (AvgIpc) is 2.47. The Morgan fingerprint density at radius 3 is 2.52 bits per heavy atom. The highest BCUT2D eigenvalue weighted by Crippen LogP contribution is 2.33. The fourth-order valence-electron chi connectivity index (χ4n) is 2.39. The number of aromatic nitrogens is 1. The first-order chi connectivity index (χ1) is 10.8. The highest BCUT2D eigenvalue weighted by atomic mass is 35.5. The molecule has 2 heterocycles. The molecule has 0 radical (unpaired) electrons. The molecule has 1 aliphatic rings. The number of rotatable bonds is 4. The van der Waals surface area contributed by atoms with Gasteiger partial charge in [-0.15, -0.1) is 0 Å². The third-order valence-electron chi connectivity index (χ3n) is 3.56. The molecule has 0 saturated carbocycles. The molecule has 0 aromatic carbocycles. The summed E-state index contributed by atoms with van der Waals surface area (Å²) in [5, 5.41) is 2.71. The maximum absolute atomic E-state index is 12.6. The van der Waals surface area contributed by atoms with Crippen LogP contribution in [0.4, 0.5) is 19.0 Å². The molecule has 0 unspecified atom stereocenters. The lowest BCUT2D eigenvalue weighted by atomic mass is 10.2. The molecule has 0 aliphatic carbocycles. The summed E-state index contributed by atoms with van der Waals surface area (Å²) >= 11 is 5.95. The van der Waals surface area contributed by atoms with E-state index in [0.717, 1.165) is 12.3 Å². The zero-order chi connectivity index (χ0) is 17.0. The van der Waals surface area contributed by atoms with Crippen molar-refractivity contribution in [2.45, 2.75) is 13.1 Å². The summed E-state index contributed by atoms with van der Waals surface area (Å²) in [4.78, 5) is 19.2. The van der Waals surface area contributed by atoms with Crippen molar-refractivity contribution >= 4 is 23.3 Å². The highest BCUT2D eigenvalue weighted by molar-refractivity contribution is 6.33. The number of hydrogen-bond acceptors (Lipinski definition) is 4. The standard InChI is InChI=1S/C14H18ClF3N4O/c1-2-19-12(23)9-21-3-5-22(6-4-21)13-11(15)7-10(8-20-13)14(16,17)18/h7-8H,2-6,9H2,1H3,(H,19,23). The van der Waals surface area contributed by atoms with Crippen molar-refractivity contribution in [1.82, 2.24) is 15.2 Å². The molecule has 1 saturated heterocycles. The van der Waals surface area contributed by atoms with E-state index in [9.17, 15) is 18.0 Å². The number of piperazine rings is 1. The number of hydrogen-bond donors (Lipinski definition) is 1. The molecule has 0 bridgehead atoms. The van der Waals surface area contributed by atoms with E-state index in [1.807, 2.05) is 16.7 Å². The number of alkyl halides is 3. The molecule has 1 aromatic heterocycles. The van der Waals surface area contributed by atoms with Gasteiger partial charge in [-0.3, -0.25) is 9.69 Å². The van der Waals surface area contributed by atoms with Crippen LogP contribution in [0.1, 0.15) is 12.5 Å². The van der Waals surface area contributed by atoms with Crippen molar-refractivity contribution in [1.29, 1.82) is 0 Å². The van der Waals surface area contributed by atoms with Crippen LogP contribution in [0.25, 0.3) is 0 Å². The van der Waals surface area contributed by atoms with E-state index < -0.39 is 11.7 Å². The number of nitrogens with one attached hydrogen (secondary N) is 1. The van der Waals surface area contributed by atoms with Gasteiger partial charge in [0.1, 0.15) is 5.82 Å². The number of carbonyl (C=O) groups is 1. The average molecular weight is 351 g/mol. The molecule has 9 heteroatoms. The summed E-state index contributed by atoms with van der Waals surface area (Å²) < 4.78 is 37.9. The fourth-order valence-corrected chi connectivity index (χ4v) is 2.68. The molecule has 23 heavy (non-hydrogen) atoms. The predicted molar refractivity (Wildman–Crippen MR) is 81.6 cm³/mol. The Labute approximate surface area is 137 Å². The van der Waals surface area contributed by atoms with Crippen molar-refractivity contribution in [3.05, 3.63) is 22.8 Å². The first-order valence-electron chi connectivity index (χ1n) is 7.28. The molecule has 0 spiro atoms. The molecule has 128 valence electrons. The summed E-state index contributed by atoms with van der Waals surface area (Å²) in [5.41, 5.74) is -0.860. The van der Waals surface area contributed by atoms with Crippen molar-refractivity contribution in [2.24, 2.45) is 0 Å². The summed E-state index contributed by atoms with van der Waals surface area (Å²) in [5.74, 6) is 0.309. The minimum atomic E-state index is -4.46. The van der Waals surface area contributed by atoms with Crippen LogP contribution in [0.5, 0.6) is 0 Å². The van der Waals surface area contributed by atoms with Gasteiger partial charge < -0.3 is 10.2 Å². The summed E-state index contributed by atoms with van der Waals surface area (Å²) in [6.07, 6.45) is -3.66. The molecule has 1 amide bonds. The van der Waals surface area contributed by atoms with Gasteiger partial charge in [-0.1, -0.05) is 11.6 Å². The maximum atomic E-state index is 12.6. The molecular weight excluding hydrogens is 333 g/mol. The van der Waals surface area contributed by atoms with Crippen molar-refractivity contribution in [3.63, 3.8) is 0 Å². The van der Waals surface area contributed by atoms with Gasteiger partial charge in [-0.2, -0.15) is 13.2 Å². The summed E-state index contributed by atoms with van der Waals surface area (Å²) in [6, 6.07) is 0.894. The van der Waals surface area contributed by atoms with Crippen molar-refractivity contribution < 1.29 is 18.0 Å². The number of halogens is 4. The molecule has 5 nitrogen and oxygen atoms in total. The van der Waals surface area contributed by atoms with Crippen molar-refractivity contribution in [2.75, 3.05) is 44.2 Å². The van der Waals surface area contributed by atoms with E-state index in [0.29, 0.717) is 45.1 Å². The highest BCUT2D eigenvalue weighted by Gasteiger charge is 2.32. The van der Waals surface area contributed by atoms with Crippen molar-refractivity contribution in [3.8, 4) is 0 Å². The maximum Gasteiger partial charge on any atom is 0.417 e. The van der Waals surface area contributed by atoms with E-state index in [1.54, 1.807) is 0 Å². The van der Waals surface area contributed by atoms with Gasteiger partial charge in [0.05, 0.1) is 17.1 Å². The van der Waals surface area contributed by atoms with Gasteiger partial charge in [0.15, 0.2) is 0 Å². The Morgan fingerprint density at radius 2 is 2.00 bits per heavy atom. The summed E-state index contributed by atoms with van der Waals surface area (Å²) in [7, 11) is 0. The van der Waals surface area contributed by atoms with Crippen LogP contribution in [-0.2, 0) is 11.0 Å². The minimum Gasteiger partial charge on any atom is -0.355 e. The van der Waals surface area contributed by atoms with Gasteiger partial charge in [0.25, 0.3) is 0 Å². The van der Waals surface area contributed by atoms with Crippen LogP contribution in [0.3, 0.4) is 0 Å². The van der Waals surface area contributed by atoms with Gasteiger partial charge in [-0.25, -0.2) is 4.98 Å². The quantitative estimate of drug-likeness (QED) is 0.902. The zero-order valence-electron chi connectivity index (χ0n) is 12.7. The van der Waals surface area contributed by atoms with E-state index >= 15 is 0 Å².